The average molecular weight is 652 g/mol. The third-order valence-corrected chi connectivity index (χ3v) is 10.4. The van der Waals surface area contributed by atoms with Crippen molar-refractivity contribution < 1.29 is 39.6 Å². The second-order valence-corrected chi connectivity index (χ2v) is 13.3. The molecule has 0 spiro atoms. The molecule has 1 unspecified atom stereocenters. The Kier molecular flexibility index (Phi) is 10.2. The lowest BCUT2D eigenvalue weighted by molar-refractivity contribution is -0.137. The molecule has 0 aliphatic heterocycles. The third kappa shape index (κ3) is 7.38. The lowest BCUT2D eigenvalue weighted by Crippen LogP contribution is -2.03. The second-order valence-electron chi connectivity index (χ2n) is 13.3. The van der Waals surface area contributed by atoms with Crippen LogP contribution < -0.4 is 0 Å². The van der Waals surface area contributed by atoms with Crippen molar-refractivity contribution in [3.63, 3.8) is 0 Å². The monoisotopic (exact) mass is 651 g/mol. The molecule has 4 N–H and O–H groups in total. The van der Waals surface area contributed by atoms with E-state index in [0.29, 0.717) is 38.5 Å². The van der Waals surface area contributed by atoms with Gasteiger partial charge in [0.05, 0.1) is 0 Å². The van der Waals surface area contributed by atoms with Crippen molar-refractivity contribution in [1.29, 1.82) is 0 Å². The Balaban J connectivity index is 1.71. The number of aliphatic carboxylic acids is 4. The molecule has 0 fully saturated rings. The van der Waals surface area contributed by atoms with Crippen LogP contribution in [0.25, 0.3) is 0 Å². The van der Waals surface area contributed by atoms with E-state index < -0.39 is 23.9 Å². The number of hydrogen-bond acceptors (Lipinski definition) is 4. The van der Waals surface area contributed by atoms with Crippen LogP contribution >= 0.6 is 0 Å². The van der Waals surface area contributed by atoms with Gasteiger partial charge in [0, 0.05) is 31.6 Å². The van der Waals surface area contributed by atoms with Crippen LogP contribution in [0, 0.1) is 12.3 Å². The fourth-order valence-corrected chi connectivity index (χ4v) is 7.64. The van der Waals surface area contributed by atoms with Crippen LogP contribution in [0.15, 0.2) is 114 Å². The van der Waals surface area contributed by atoms with Gasteiger partial charge in [0.2, 0.25) is 0 Å². The van der Waals surface area contributed by atoms with E-state index in [4.69, 9.17) is 0 Å². The lowest BCUT2D eigenvalue weighted by atomic mass is 9.89. The number of hydrogen-bond donors (Lipinski definition) is 4. The van der Waals surface area contributed by atoms with Crippen LogP contribution in [0.5, 0.6) is 0 Å². The van der Waals surface area contributed by atoms with Crippen LogP contribution in [0.3, 0.4) is 0 Å². The summed E-state index contributed by atoms with van der Waals surface area (Å²) in [7, 11) is 0. The summed E-state index contributed by atoms with van der Waals surface area (Å²) in [5.74, 6) is -3.58. The van der Waals surface area contributed by atoms with Gasteiger partial charge in [0.25, 0.3) is 0 Å². The van der Waals surface area contributed by atoms with Gasteiger partial charge in [-0.2, -0.15) is 0 Å². The standard InChI is InChI=1S/C40H43O8/c1-21-25-13-29(33(21)5-9-37(41)42)18-26-15-31(35(22(26)2)7-11-39(45)46)20-28-16-32(36(24(28)4)8-12-40(47)48)19-27-14-30(17-25)34(23(27)3)6-10-38(43)44/h13,16-20,25H,5-12,14-15H2,1-4H3,(H,41,42)(H,43,44)(H,45,46)(H,47,48)/b26-18+,31-20+,32-19+. The Morgan fingerprint density at radius 2 is 1.08 bits per heavy atom. The number of allylic oxidation sites excluding steroid dienone is 20. The first-order valence-corrected chi connectivity index (χ1v) is 16.5. The highest BCUT2D eigenvalue weighted by Gasteiger charge is 2.31. The van der Waals surface area contributed by atoms with Crippen molar-refractivity contribution in [2.45, 2.75) is 91.9 Å². The van der Waals surface area contributed by atoms with Crippen molar-refractivity contribution >= 4 is 23.9 Å². The Bertz CT molecular complexity index is 1820. The van der Waals surface area contributed by atoms with Crippen molar-refractivity contribution in [3.8, 4) is 0 Å². The molecule has 5 aliphatic rings. The maximum absolute atomic E-state index is 11.6. The van der Waals surface area contributed by atoms with E-state index in [9.17, 15) is 39.6 Å². The zero-order valence-corrected chi connectivity index (χ0v) is 28.0. The molecule has 0 aromatic carbocycles. The highest BCUT2D eigenvalue weighted by Crippen LogP contribution is 2.47. The minimum atomic E-state index is -0.874. The maximum Gasteiger partial charge on any atom is 0.303 e. The van der Waals surface area contributed by atoms with Gasteiger partial charge in [-0.1, -0.05) is 35.5 Å². The van der Waals surface area contributed by atoms with E-state index in [1.165, 1.54) is 0 Å². The van der Waals surface area contributed by atoms with E-state index in [2.05, 4.69) is 36.8 Å². The van der Waals surface area contributed by atoms with Crippen molar-refractivity contribution in [1.82, 2.24) is 0 Å². The number of fused-ring (bicyclic) bond motifs is 6. The fourth-order valence-electron chi connectivity index (χ4n) is 7.64. The Morgan fingerprint density at radius 3 is 1.69 bits per heavy atom. The predicted molar refractivity (Wildman–Crippen MR) is 183 cm³/mol. The van der Waals surface area contributed by atoms with Gasteiger partial charge in [-0.3, -0.25) is 19.2 Å². The summed E-state index contributed by atoms with van der Waals surface area (Å²) in [5, 5.41) is 38.2. The van der Waals surface area contributed by atoms with E-state index >= 15 is 0 Å². The number of carboxylic acid groups (broad SMARTS) is 4. The maximum atomic E-state index is 11.6. The lowest BCUT2D eigenvalue weighted by Gasteiger charge is -2.15. The molecule has 8 heteroatoms. The molecule has 5 aliphatic carbocycles. The van der Waals surface area contributed by atoms with Gasteiger partial charge in [0.15, 0.2) is 0 Å². The van der Waals surface area contributed by atoms with Crippen molar-refractivity contribution in [2.24, 2.45) is 5.92 Å². The van der Waals surface area contributed by atoms with Crippen LogP contribution in [-0.2, 0) is 19.2 Å². The molecular weight excluding hydrogens is 608 g/mol. The Labute approximate surface area is 281 Å². The third-order valence-electron chi connectivity index (χ3n) is 10.4. The van der Waals surface area contributed by atoms with Gasteiger partial charge in [0.1, 0.15) is 0 Å². The van der Waals surface area contributed by atoms with Crippen LogP contribution in [0.1, 0.15) is 91.9 Å². The molecule has 1 atom stereocenters. The summed E-state index contributed by atoms with van der Waals surface area (Å²) in [6, 6.07) is 0. The quantitative estimate of drug-likeness (QED) is 0.165. The summed E-state index contributed by atoms with van der Waals surface area (Å²) >= 11 is 0. The highest BCUT2D eigenvalue weighted by atomic mass is 16.4. The molecule has 8 bridgehead atoms. The number of carboxylic acids is 4. The summed E-state index contributed by atoms with van der Waals surface area (Å²) in [5.41, 5.74) is 15.2. The first kappa shape index (κ1) is 34.6. The fraction of sp³-hybridized carbons (Fsp3) is 0.375. The van der Waals surface area contributed by atoms with E-state index in [1.54, 1.807) is 0 Å². The van der Waals surface area contributed by atoms with Crippen molar-refractivity contribution in [3.05, 3.63) is 120 Å². The molecule has 5 rings (SSSR count). The minimum absolute atomic E-state index is 0.000714. The molecule has 48 heavy (non-hydrogen) atoms. The minimum Gasteiger partial charge on any atom is -0.481 e. The Morgan fingerprint density at radius 1 is 0.542 bits per heavy atom. The topological polar surface area (TPSA) is 149 Å². The zero-order chi connectivity index (χ0) is 34.9. The van der Waals surface area contributed by atoms with Crippen LogP contribution in [0.2, 0.25) is 0 Å². The Hall–Kier alpha value is -4.72. The smallest absolute Gasteiger partial charge is 0.303 e. The molecule has 0 saturated heterocycles. The first-order valence-electron chi connectivity index (χ1n) is 16.5. The molecule has 251 valence electrons. The van der Waals surface area contributed by atoms with Crippen molar-refractivity contribution in [2.75, 3.05) is 0 Å². The molecule has 0 aromatic rings. The van der Waals surface area contributed by atoms with E-state index in [-0.39, 0.29) is 31.6 Å². The van der Waals surface area contributed by atoms with E-state index in [1.807, 2.05) is 27.7 Å². The highest BCUT2D eigenvalue weighted by molar-refractivity contribution is 5.73. The van der Waals surface area contributed by atoms with Gasteiger partial charge < -0.3 is 20.4 Å². The summed E-state index contributed by atoms with van der Waals surface area (Å²) < 4.78 is 0. The second kappa shape index (κ2) is 14.2. The van der Waals surface area contributed by atoms with Gasteiger partial charge in [-0.05, 0) is 151 Å². The van der Waals surface area contributed by atoms with Gasteiger partial charge >= 0.3 is 23.9 Å². The van der Waals surface area contributed by atoms with Gasteiger partial charge in [-0.15, -0.1) is 0 Å². The molecule has 8 nitrogen and oxygen atoms in total. The molecule has 0 amide bonds. The van der Waals surface area contributed by atoms with Crippen LogP contribution in [0.4, 0.5) is 0 Å². The molecule has 0 heterocycles. The zero-order valence-electron chi connectivity index (χ0n) is 28.0. The van der Waals surface area contributed by atoms with E-state index in [0.717, 1.165) is 83.6 Å². The summed E-state index contributed by atoms with van der Waals surface area (Å²) in [4.78, 5) is 46.6. The SMILES string of the molecule is CC1=C2/C=C3C=C(/C=C4\C/C(=C\C5=CC([CH]C(=C1CCC(=O)O)C2)C(C)=C5CCC(=O)O)C(C)=C4CCC(=O)O)C(C)=C\3CCC(=O)O. The largest absolute Gasteiger partial charge is 0.481 e. The average Bonchev–Trinajstić information content (AvgIpc) is 3.66. The molecule has 0 aromatic heterocycles. The molecular formula is C40H43O8. The summed E-state index contributed by atoms with van der Waals surface area (Å²) in [6.45, 7) is 8.09. The normalized spacial score (nSPS) is 24.0. The summed E-state index contributed by atoms with van der Waals surface area (Å²) in [6.07, 6.45) is 15.6. The first-order chi connectivity index (χ1) is 22.7. The van der Waals surface area contributed by atoms with Gasteiger partial charge in [-0.25, -0.2) is 0 Å². The number of rotatable bonds is 12. The number of carbonyl (C=O) groups is 4. The molecule has 1 radical (unpaired) electrons. The predicted octanol–water partition coefficient (Wildman–Crippen LogP) is 8.31. The molecule has 0 saturated carbocycles. The van der Waals surface area contributed by atoms with Crippen LogP contribution in [-0.4, -0.2) is 44.3 Å².